The number of halogens is 1. The number of aromatic nitrogens is 2. The van der Waals surface area contributed by atoms with Crippen LogP contribution in [0.3, 0.4) is 0 Å². The largest absolute Gasteiger partial charge is 0.424 e. The van der Waals surface area contributed by atoms with Gasteiger partial charge in [0.2, 0.25) is 0 Å². The Kier molecular flexibility index (Phi) is 4.12. The van der Waals surface area contributed by atoms with Crippen molar-refractivity contribution < 1.29 is 9.53 Å². The fourth-order valence-electron chi connectivity index (χ4n) is 2.20. The molecular formula is C17H13ClN2O3. The second-order valence-corrected chi connectivity index (χ2v) is 5.51. The summed E-state index contributed by atoms with van der Waals surface area (Å²) in [6.07, 6.45) is 1.34. The number of hydrogen-bond donors (Lipinski definition) is 0. The first kappa shape index (κ1) is 15.2. The van der Waals surface area contributed by atoms with Gasteiger partial charge in [-0.15, -0.1) is 0 Å². The van der Waals surface area contributed by atoms with E-state index < -0.39 is 5.97 Å². The molecule has 0 saturated carbocycles. The molecule has 116 valence electrons. The highest BCUT2D eigenvalue weighted by Gasteiger charge is 2.12. The minimum Gasteiger partial charge on any atom is -0.424 e. The lowest BCUT2D eigenvalue weighted by Crippen LogP contribution is -2.26. The smallest absolute Gasteiger partial charge is 0.331 e. The lowest BCUT2D eigenvalue weighted by atomic mass is 10.2. The molecule has 5 nitrogen and oxygen atoms in total. The van der Waals surface area contributed by atoms with Crippen LogP contribution in [0.5, 0.6) is 5.75 Å². The van der Waals surface area contributed by atoms with Crippen LogP contribution in [0.4, 0.5) is 0 Å². The summed E-state index contributed by atoms with van der Waals surface area (Å²) in [4.78, 5) is 28.6. The first-order valence-electron chi connectivity index (χ1n) is 6.95. The standard InChI is InChI=1S/C17H13ClN2O3/c1-11-6-7-13(18)15(8-11)23-16(21)9-20-10-19-14-5-3-2-4-12(14)17(20)22/h2-8,10H,9H2,1H3. The van der Waals surface area contributed by atoms with Crippen LogP contribution in [-0.2, 0) is 11.3 Å². The highest BCUT2D eigenvalue weighted by molar-refractivity contribution is 6.32. The van der Waals surface area contributed by atoms with Crippen molar-refractivity contribution in [2.24, 2.45) is 0 Å². The van der Waals surface area contributed by atoms with Crippen molar-refractivity contribution in [2.45, 2.75) is 13.5 Å². The molecule has 0 spiro atoms. The topological polar surface area (TPSA) is 61.2 Å². The average molecular weight is 329 g/mol. The molecule has 0 unspecified atom stereocenters. The summed E-state index contributed by atoms with van der Waals surface area (Å²) in [6.45, 7) is 1.63. The fourth-order valence-corrected chi connectivity index (χ4v) is 2.36. The number of aryl methyl sites for hydroxylation is 1. The average Bonchev–Trinajstić information content (AvgIpc) is 2.54. The van der Waals surface area contributed by atoms with Gasteiger partial charge in [-0.3, -0.25) is 9.36 Å². The number of hydrogen-bond acceptors (Lipinski definition) is 4. The van der Waals surface area contributed by atoms with Crippen molar-refractivity contribution >= 4 is 28.5 Å². The van der Waals surface area contributed by atoms with Gasteiger partial charge in [0.1, 0.15) is 12.3 Å². The van der Waals surface area contributed by atoms with Gasteiger partial charge in [-0.25, -0.2) is 9.78 Å². The third kappa shape index (κ3) is 3.24. The van der Waals surface area contributed by atoms with E-state index in [0.717, 1.165) is 5.56 Å². The van der Waals surface area contributed by atoms with Gasteiger partial charge in [-0.1, -0.05) is 29.8 Å². The Balaban J connectivity index is 1.84. The van der Waals surface area contributed by atoms with Gasteiger partial charge in [-0.05, 0) is 36.8 Å². The third-order valence-electron chi connectivity index (χ3n) is 3.34. The van der Waals surface area contributed by atoms with Gasteiger partial charge in [0.05, 0.1) is 22.3 Å². The van der Waals surface area contributed by atoms with E-state index in [2.05, 4.69) is 4.98 Å². The van der Waals surface area contributed by atoms with E-state index in [0.29, 0.717) is 15.9 Å². The number of carbonyl (C=O) groups excluding carboxylic acids is 1. The zero-order valence-electron chi connectivity index (χ0n) is 12.3. The summed E-state index contributed by atoms with van der Waals surface area (Å²) in [5, 5.41) is 0.796. The monoisotopic (exact) mass is 328 g/mol. The van der Waals surface area contributed by atoms with E-state index in [1.807, 2.05) is 13.0 Å². The fraction of sp³-hybridized carbons (Fsp3) is 0.118. The zero-order valence-corrected chi connectivity index (χ0v) is 13.1. The van der Waals surface area contributed by atoms with Crippen molar-refractivity contribution in [3.05, 3.63) is 69.7 Å². The molecule has 0 amide bonds. The van der Waals surface area contributed by atoms with Crippen LogP contribution in [0.1, 0.15) is 5.56 Å². The number of fused-ring (bicyclic) bond motifs is 1. The number of para-hydroxylation sites is 1. The Morgan fingerprint density at radius 1 is 1.26 bits per heavy atom. The number of nitrogens with zero attached hydrogens (tertiary/aromatic N) is 2. The number of rotatable bonds is 3. The van der Waals surface area contributed by atoms with Crippen molar-refractivity contribution in [1.29, 1.82) is 0 Å². The van der Waals surface area contributed by atoms with Crippen LogP contribution in [0.15, 0.2) is 53.6 Å². The maximum atomic E-state index is 12.3. The molecule has 3 aromatic rings. The molecule has 0 radical (unpaired) electrons. The number of carbonyl (C=O) groups is 1. The molecule has 0 saturated heterocycles. The number of ether oxygens (including phenoxy) is 1. The molecule has 0 aliphatic heterocycles. The van der Waals surface area contributed by atoms with Crippen LogP contribution < -0.4 is 10.3 Å². The summed E-state index contributed by atoms with van der Waals surface area (Å²) in [5.74, 6) is -0.310. The van der Waals surface area contributed by atoms with Gasteiger partial charge in [0.15, 0.2) is 0 Å². The highest BCUT2D eigenvalue weighted by atomic mass is 35.5. The molecule has 0 bridgehead atoms. The number of benzene rings is 2. The Morgan fingerprint density at radius 3 is 2.87 bits per heavy atom. The lowest BCUT2D eigenvalue weighted by molar-refractivity contribution is -0.135. The van der Waals surface area contributed by atoms with E-state index >= 15 is 0 Å². The maximum Gasteiger partial charge on any atom is 0.331 e. The van der Waals surface area contributed by atoms with Crippen LogP contribution in [0, 0.1) is 6.92 Å². The molecule has 0 atom stereocenters. The molecule has 3 rings (SSSR count). The van der Waals surface area contributed by atoms with E-state index in [-0.39, 0.29) is 17.9 Å². The predicted molar refractivity (Wildman–Crippen MR) is 87.8 cm³/mol. The van der Waals surface area contributed by atoms with E-state index in [1.54, 1.807) is 36.4 Å². The lowest BCUT2D eigenvalue weighted by Gasteiger charge is -2.09. The van der Waals surface area contributed by atoms with E-state index in [1.165, 1.54) is 10.9 Å². The van der Waals surface area contributed by atoms with Crippen molar-refractivity contribution in [3.63, 3.8) is 0 Å². The molecule has 1 heterocycles. The van der Waals surface area contributed by atoms with Crippen LogP contribution in [-0.4, -0.2) is 15.5 Å². The molecule has 23 heavy (non-hydrogen) atoms. The van der Waals surface area contributed by atoms with Crippen molar-refractivity contribution in [2.75, 3.05) is 0 Å². The minimum atomic E-state index is -0.586. The molecule has 6 heteroatoms. The first-order chi connectivity index (χ1) is 11.0. The molecule has 0 N–H and O–H groups in total. The van der Waals surface area contributed by atoms with E-state index in [9.17, 15) is 9.59 Å². The first-order valence-corrected chi connectivity index (χ1v) is 7.33. The Bertz CT molecular complexity index is 950. The molecule has 0 fully saturated rings. The summed E-state index contributed by atoms with van der Waals surface area (Å²) in [6, 6.07) is 12.1. The summed E-state index contributed by atoms with van der Waals surface area (Å²) in [5.41, 5.74) is 1.22. The molecule has 1 aromatic heterocycles. The van der Waals surface area contributed by atoms with Gasteiger partial charge >= 0.3 is 5.97 Å². The van der Waals surface area contributed by atoms with Gasteiger partial charge < -0.3 is 4.74 Å². The third-order valence-corrected chi connectivity index (χ3v) is 3.65. The SMILES string of the molecule is Cc1ccc(Cl)c(OC(=O)Cn2cnc3ccccc3c2=O)c1. The summed E-state index contributed by atoms with van der Waals surface area (Å²) < 4.78 is 6.46. The van der Waals surface area contributed by atoms with Gasteiger partial charge in [0.25, 0.3) is 5.56 Å². The van der Waals surface area contributed by atoms with Gasteiger partial charge in [0, 0.05) is 0 Å². The van der Waals surface area contributed by atoms with Crippen molar-refractivity contribution in [3.8, 4) is 5.75 Å². The molecule has 2 aromatic carbocycles. The normalized spacial score (nSPS) is 10.7. The van der Waals surface area contributed by atoms with Crippen LogP contribution in [0.2, 0.25) is 5.02 Å². The molecule has 0 aliphatic rings. The number of esters is 1. The van der Waals surface area contributed by atoms with Crippen molar-refractivity contribution in [1.82, 2.24) is 9.55 Å². The zero-order chi connectivity index (χ0) is 16.4. The quantitative estimate of drug-likeness (QED) is 0.548. The second kappa shape index (κ2) is 6.22. The summed E-state index contributed by atoms with van der Waals surface area (Å²) in [7, 11) is 0. The predicted octanol–water partition coefficient (Wildman–Crippen LogP) is 2.96. The molecule has 0 aliphatic carbocycles. The Morgan fingerprint density at radius 2 is 2.04 bits per heavy atom. The van der Waals surface area contributed by atoms with Crippen LogP contribution in [0.25, 0.3) is 10.9 Å². The highest BCUT2D eigenvalue weighted by Crippen LogP contribution is 2.25. The Labute approximate surface area is 137 Å². The van der Waals surface area contributed by atoms with Crippen LogP contribution >= 0.6 is 11.6 Å². The van der Waals surface area contributed by atoms with Gasteiger partial charge in [-0.2, -0.15) is 0 Å². The second-order valence-electron chi connectivity index (χ2n) is 5.10. The maximum absolute atomic E-state index is 12.3. The van der Waals surface area contributed by atoms with E-state index in [4.69, 9.17) is 16.3 Å². The summed E-state index contributed by atoms with van der Waals surface area (Å²) >= 11 is 5.99. The molecular weight excluding hydrogens is 316 g/mol. The Hall–Kier alpha value is -2.66. The minimum absolute atomic E-state index is 0.235.